The number of halogens is 3. The van der Waals surface area contributed by atoms with Crippen LogP contribution in [0.25, 0.3) is 0 Å². The Hall–Kier alpha value is -2.58. The molecule has 0 radical (unpaired) electrons. The van der Waals surface area contributed by atoms with Gasteiger partial charge in [0, 0.05) is 32.4 Å². The van der Waals surface area contributed by atoms with E-state index in [2.05, 4.69) is 15.3 Å². The Bertz CT molecular complexity index is 733. The molecule has 0 aromatic carbocycles. The average Bonchev–Trinajstić information content (AvgIpc) is 3.01. The van der Waals surface area contributed by atoms with Gasteiger partial charge in [-0.25, -0.2) is 9.97 Å². The number of hydrogen-bond acceptors (Lipinski definition) is 4. The van der Waals surface area contributed by atoms with Gasteiger partial charge >= 0.3 is 6.18 Å². The molecule has 1 fully saturated rings. The summed E-state index contributed by atoms with van der Waals surface area (Å²) in [4.78, 5) is 21.9. The van der Waals surface area contributed by atoms with Crippen LogP contribution in [-0.2, 0) is 13.2 Å². The van der Waals surface area contributed by atoms with Crippen molar-refractivity contribution >= 4 is 11.7 Å². The fraction of sp³-hybridized carbons (Fsp3) is 0.438. The normalized spacial score (nSPS) is 16.1. The van der Waals surface area contributed by atoms with E-state index in [1.54, 1.807) is 17.9 Å². The Kier molecular flexibility index (Phi) is 4.65. The lowest BCUT2D eigenvalue weighted by molar-refractivity contribution is -0.137. The summed E-state index contributed by atoms with van der Waals surface area (Å²) in [5.41, 5.74) is -0.263. The van der Waals surface area contributed by atoms with Gasteiger partial charge < -0.3 is 14.8 Å². The van der Waals surface area contributed by atoms with Crippen LogP contribution in [0, 0.1) is 0 Å². The summed E-state index contributed by atoms with van der Waals surface area (Å²) in [6.07, 6.45) is 0.948. The Morgan fingerprint density at radius 3 is 2.48 bits per heavy atom. The summed E-state index contributed by atoms with van der Waals surface area (Å²) in [5, 5.41) is 2.97. The highest BCUT2D eigenvalue weighted by molar-refractivity contribution is 5.92. The van der Waals surface area contributed by atoms with Gasteiger partial charge in [-0.3, -0.25) is 4.79 Å². The van der Waals surface area contributed by atoms with Gasteiger partial charge in [0.25, 0.3) is 5.91 Å². The lowest BCUT2D eigenvalue weighted by Gasteiger charge is -2.33. The summed E-state index contributed by atoms with van der Waals surface area (Å²) in [6, 6.07) is 2.45. The maximum Gasteiger partial charge on any atom is 0.417 e. The maximum absolute atomic E-state index is 12.6. The van der Waals surface area contributed by atoms with Gasteiger partial charge in [0.05, 0.1) is 18.1 Å². The van der Waals surface area contributed by atoms with Crippen LogP contribution in [-0.4, -0.2) is 39.6 Å². The van der Waals surface area contributed by atoms with E-state index < -0.39 is 11.7 Å². The topological polar surface area (TPSA) is 63.1 Å². The first-order valence-electron chi connectivity index (χ1n) is 7.90. The number of nitrogens with one attached hydrogen (secondary N) is 1. The second kappa shape index (κ2) is 6.73. The molecular weight excluding hydrogens is 335 g/mol. The number of alkyl halides is 3. The van der Waals surface area contributed by atoms with E-state index in [1.165, 1.54) is 12.3 Å². The first-order valence-corrected chi connectivity index (χ1v) is 7.90. The standard InChI is InChI=1S/C16H18F3N5O/c1-23-10-20-9-13(23)15(25)22-12-4-6-24(7-5-12)14-3-2-11(8-21-14)16(17,18)19/h2-3,8-10,12H,4-7H2,1H3,(H,22,25). The van der Waals surface area contributed by atoms with E-state index >= 15 is 0 Å². The number of nitrogens with zero attached hydrogens (tertiary/aromatic N) is 4. The van der Waals surface area contributed by atoms with Crippen molar-refractivity contribution < 1.29 is 18.0 Å². The molecule has 1 saturated heterocycles. The summed E-state index contributed by atoms with van der Waals surface area (Å²) in [5.74, 6) is 0.343. The van der Waals surface area contributed by atoms with Crippen molar-refractivity contribution in [2.75, 3.05) is 18.0 Å². The number of piperidine rings is 1. The van der Waals surface area contributed by atoms with E-state index in [4.69, 9.17) is 0 Å². The average molecular weight is 353 g/mol. The van der Waals surface area contributed by atoms with E-state index in [0.29, 0.717) is 37.4 Å². The minimum absolute atomic E-state index is 0.0214. The number of rotatable bonds is 3. The fourth-order valence-corrected chi connectivity index (χ4v) is 2.83. The van der Waals surface area contributed by atoms with Crippen LogP contribution in [0.5, 0.6) is 0 Å². The molecule has 0 atom stereocenters. The Labute approximate surface area is 142 Å². The zero-order valence-electron chi connectivity index (χ0n) is 13.6. The van der Waals surface area contributed by atoms with Gasteiger partial charge in [0.15, 0.2) is 0 Å². The highest BCUT2D eigenvalue weighted by atomic mass is 19.4. The van der Waals surface area contributed by atoms with Crippen LogP contribution in [0.4, 0.5) is 19.0 Å². The molecule has 6 nitrogen and oxygen atoms in total. The lowest BCUT2D eigenvalue weighted by atomic mass is 10.0. The molecule has 25 heavy (non-hydrogen) atoms. The molecule has 134 valence electrons. The van der Waals surface area contributed by atoms with Crippen molar-refractivity contribution in [3.8, 4) is 0 Å². The Balaban J connectivity index is 1.55. The van der Waals surface area contributed by atoms with Gasteiger partial charge in [-0.15, -0.1) is 0 Å². The van der Waals surface area contributed by atoms with Gasteiger partial charge in [-0.05, 0) is 25.0 Å². The summed E-state index contributed by atoms with van der Waals surface area (Å²) < 4.78 is 39.4. The van der Waals surface area contributed by atoms with E-state index in [1.807, 2.05) is 4.90 Å². The number of carbonyl (C=O) groups excluding carboxylic acids is 1. The number of imidazole rings is 1. The minimum atomic E-state index is -4.38. The molecular formula is C16H18F3N5O. The molecule has 2 aromatic heterocycles. The third kappa shape index (κ3) is 3.92. The largest absolute Gasteiger partial charge is 0.417 e. The molecule has 3 heterocycles. The Morgan fingerprint density at radius 2 is 1.96 bits per heavy atom. The second-order valence-electron chi connectivity index (χ2n) is 6.03. The van der Waals surface area contributed by atoms with Crippen LogP contribution in [0.3, 0.4) is 0 Å². The Morgan fingerprint density at radius 1 is 1.24 bits per heavy atom. The van der Waals surface area contributed by atoms with Crippen molar-refractivity contribution in [2.45, 2.75) is 25.1 Å². The van der Waals surface area contributed by atoms with Gasteiger partial charge in [0.1, 0.15) is 11.5 Å². The smallest absolute Gasteiger partial charge is 0.356 e. The summed E-state index contributed by atoms with van der Waals surface area (Å²) in [6.45, 7) is 1.24. The zero-order valence-corrected chi connectivity index (χ0v) is 13.6. The predicted octanol–water partition coefficient (Wildman–Crippen LogP) is 2.23. The van der Waals surface area contributed by atoms with Crippen LogP contribution < -0.4 is 10.2 Å². The van der Waals surface area contributed by atoms with E-state index in [-0.39, 0.29) is 11.9 Å². The summed E-state index contributed by atoms with van der Waals surface area (Å²) >= 11 is 0. The second-order valence-corrected chi connectivity index (χ2v) is 6.03. The molecule has 0 aliphatic carbocycles. The van der Waals surface area contributed by atoms with E-state index in [9.17, 15) is 18.0 Å². The van der Waals surface area contributed by atoms with Gasteiger partial charge in [-0.2, -0.15) is 13.2 Å². The zero-order chi connectivity index (χ0) is 18.0. The van der Waals surface area contributed by atoms with Crippen molar-refractivity contribution in [1.29, 1.82) is 0 Å². The molecule has 3 rings (SSSR count). The maximum atomic E-state index is 12.6. The number of anilines is 1. The number of hydrogen-bond donors (Lipinski definition) is 1. The molecule has 9 heteroatoms. The SMILES string of the molecule is Cn1cncc1C(=O)NC1CCN(c2ccc(C(F)(F)F)cn2)CC1. The molecule has 1 aliphatic heterocycles. The predicted molar refractivity (Wildman–Crippen MR) is 85.1 cm³/mol. The van der Waals surface area contributed by atoms with Crippen molar-refractivity contribution in [1.82, 2.24) is 19.9 Å². The molecule has 2 aromatic rings. The summed E-state index contributed by atoms with van der Waals surface area (Å²) in [7, 11) is 1.75. The minimum Gasteiger partial charge on any atom is -0.356 e. The molecule has 1 N–H and O–H groups in total. The number of pyridine rings is 1. The highest BCUT2D eigenvalue weighted by Gasteiger charge is 2.31. The fourth-order valence-electron chi connectivity index (χ4n) is 2.83. The van der Waals surface area contributed by atoms with Crippen LogP contribution in [0.2, 0.25) is 0 Å². The third-order valence-electron chi connectivity index (χ3n) is 4.28. The quantitative estimate of drug-likeness (QED) is 0.919. The number of carbonyl (C=O) groups is 1. The number of aromatic nitrogens is 3. The highest BCUT2D eigenvalue weighted by Crippen LogP contribution is 2.29. The molecule has 1 amide bonds. The number of amides is 1. The molecule has 1 aliphatic rings. The van der Waals surface area contributed by atoms with Crippen LogP contribution in [0.1, 0.15) is 28.9 Å². The lowest BCUT2D eigenvalue weighted by Crippen LogP contribution is -2.45. The molecule has 0 saturated carbocycles. The molecule has 0 bridgehead atoms. The monoisotopic (exact) mass is 353 g/mol. The van der Waals surface area contributed by atoms with Crippen molar-refractivity contribution in [2.24, 2.45) is 7.05 Å². The first-order chi connectivity index (χ1) is 11.8. The molecule has 0 spiro atoms. The first kappa shape index (κ1) is 17.2. The van der Waals surface area contributed by atoms with Crippen molar-refractivity contribution in [3.05, 3.63) is 42.1 Å². The van der Waals surface area contributed by atoms with E-state index in [0.717, 1.165) is 12.3 Å². The van der Waals surface area contributed by atoms with Crippen LogP contribution in [0.15, 0.2) is 30.9 Å². The third-order valence-corrected chi connectivity index (χ3v) is 4.28. The number of aryl methyl sites for hydroxylation is 1. The molecule has 0 unspecified atom stereocenters. The van der Waals surface area contributed by atoms with Gasteiger partial charge in [0.2, 0.25) is 0 Å². The van der Waals surface area contributed by atoms with Crippen molar-refractivity contribution in [3.63, 3.8) is 0 Å². The van der Waals surface area contributed by atoms with Gasteiger partial charge in [-0.1, -0.05) is 0 Å². The van der Waals surface area contributed by atoms with Crippen LogP contribution >= 0.6 is 0 Å².